The summed E-state index contributed by atoms with van der Waals surface area (Å²) in [5, 5.41) is 0. The van der Waals surface area contributed by atoms with Gasteiger partial charge in [0.05, 0.1) is 18.8 Å². The van der Waals surface area contributed by atoms with Crippen LogP contribution in [0.1, 0.15) is 0 Å². The Bertz CT molecular complexity index is 386. The Hall–Kier alpha value is -1.30. The maximum absolute atomic E-state index is 5.63. The van der Waals surface area contributed by atoms with E-state index in [9.17, 15) is 0 Å². The van der Waals surface area contributed by atoms with Gasteiger partial charge in [0.25, 0.3) is 0 Å². The van der Waals surface area contributed by atoms with Gasteiger partial charge in [0.2, 0.25) is 5.79 Å². The van der Waals surface area contributed by atoms with Gasteiger partial charge >= 0.3 is 0 Å². The van der Waals surface area contributed by atoms with Gasteiger partial charge < -0.3 is 24.8 Å². The summed E-state index contributed by atoms with van der Waals surface area (Å²) >= 11 is 0. The van der Waals surface area contributed by atoms with E-state index in [1.807, 2.05) is 24.3 Å². The summed E-state index contributed by atoms with van der Waals surface area (Å²) in [6.45, 7) is 2.42. The summed E-state index contributed by atoms with van der Waals surface area (Å²) in [6, 6.07) is 7.92. The summed E-state index contributed by atoms with van der Waals surface area (Å²) in [4.78, 5) is 2.17. The number of hydrogen-bond donors (Lipinski definition) is 1. The van der Waals surface area contributed by atoms with Crippen molar-refractivity contribution in [2.75, 3.05) is 45.4 Å². The predicted octanol–water partition coefficient (Wildman–Crippen LogP) is 0.833. The molecule has 2 rings (SSSR count). The molecule has 0 saturated carbocycles. The van der Waals surface area contributed by atoms with Crippen LogP contribution in [0.3, 0.4) is 0 Å². The Morgan fingerprint density at radius 1 is 1.22 bits per heavy atom. The fourth-order valence-corrected chi connectivity index (χ4v) is 2.06. The normalized spacial score (nSPS) is 17.4. The van der Waals surface area contributed by atoms with Gasteiger partial charge in [-0.3, -0.25) is 0 Å². The number of hydrogen-bond acceptors (Lipinski definition) is 5. The maximum Gasteiger partial charge on any atom is 0.203 e. The maximum atomic E-state index is 5.63. The molecule has 18 heavy (non-hydrogen) atoms. The Labute approximate surface area is 107 Å². The van der Waals surface area contributed by atoms with Crippen LogP contribution in [0.25, 0.3) is 0 Å². The minimum absolute atomic E-state index is 0.485. The van der Waals surface area contributed by atoms with E-state index in [2.05, 4.69) is 4.90 Å². The van der Waals surface area contributed by atoms with Crippen LogP contribution in [-0.2, 0) is 9.47 Å². The van der Waals surface area contributed by atoms with Crippen molar-refractivity contribution >= 4 is 5.69 Å². The summed E-state index contributed by atoms with van der Waals surface area (Å²) in [5.41, 5.74) is 6.51. The van der Waals surface area contributed by atoms with Crippen LogP contribution in [0.2, 0.25) is 0 Å². The van der Waals surface area contributed by atoms with E-state index >= 15 is 0 Å². The van der Waals surface area contributed by atoms with Crippen molar-refractivity contribution in [2.45, 2.75) is 5.79 Å². The second kappa shape index (κ2) is 5.56. The van der Waals surface area contributed by atoms with Crippen molar-refractivity contribution in [3.05, 3.63) is 24.3 Å². The van der Waals surface area contributed by atoms with Gasteiger partial charge in [0.1, 0.15) is 12.4 Å². The zero-order chi connectivity index (χ0) is 13.0. The van der Waals surface area contributed by atoms with Crippen LogP contribution in [0.5, 0.6) is 5.75 Å². The van der Waals surface area contributed by atoms with Gasteiger partial charge in [-0.2, -0.15) is 0 Å². The van der Waals surface area contributed by atoms with Gasteiger partial charge in [-0.05, 0) is 12.1 Å². The highest BCUT2D eigenvalue weighted by atomic mass is 16.7. The lowest BCUT2D eigenvalue weighted by Gasteiger charge is -2.48. The first-order valence-corrected chi connectivity index (χ1v) is 6.02. The van der Waals surface area contributed by atoms with Crippen molar-refractivity contribution in [1.29, 1.82) is 0 Å². The lowest BCUT2D eigenvalue weighted by molar-refractivity contribution is -0.219. The molecular formula is C13H20N2O3. The average molecular weight is 252 g/mol. The Morgan fingerprint density at radius 3 is 2.50 bits per heavy atom. The molecular weight excluding hydrogens is 232 g/mol. The number of para-hydroxylation sites is 2. The molecule has 5 heteroatoms. The number of methoxy groups -OCH3 is 2. The molecule has 0 aromatic heterocycles. The molecule has 1 aliphatic rings. The molecule has 0 spiro atoms. The van der Waals surface area contributed by atoms with Gasteiger partial charge in [0.15, 0.2) is 0 Å². The number of anilines is 1. The van der Waals surface area contributed by atoms with Crippen LogP contribution in [0.4, 0.5) is 5.69 Å². The summed E-state index contributed by atoms with van der Waals surface area (Å²) in [6.07, 6.45) is 0. The minimum atomic E-state index is -0.485. The minimum Gasteiger partial charge on any atom is -0.490 e. The highest BCUT2D eigenvalue weighted by Gasteiger charge is 2.44. The lowest BCUT2D eigenvalue weighted by Crippen LogP contribution is -2.64. The van der Waals surface area contributed by atoms with E-state index < -0.39 is 5.79 Å². The standard InChI is InChI=1S/C13H20N2O3/c1-16-13(17-2)9-15(10-13)11-5-3-4-6-12(11)18-8-7-14/h3-6H,7-10,14H2,1-2H3. The van der Waals surface area contributed by atoms with Gasteiger partial charge in [-0.1, -0.05) is 12.1 Å². The summed E-state index contributed by atoms with van der Waals surface area (Å²) < 4.78 is 16.4. The molecule has 100 valence electrons. The monoisotopic (exact) mass is 252 g/mol. The Kier molecular flexibility index (Phi) is 4.06. The fraction of sp³-hybridized carbons (Fsp3) is 0.538. The quantitative estimate of drug-likeness (QED) is 0.760. The molecule has 0 unspecified atom stereocenters. The van der Waals surface area contributed by atoms with Gasteiger partial charge in [-0.25, -0.2) is 0 Å². The van der Waals surface area contributed by atoms with E-state index in [0.29, 0.717) is 26.2 Å². The molecule has 2 N–H and O–H groups in total. The van der Waals surface area contributed by atoms with Crippen LogP contribution in [0, 0.1) is 0 Å². The topological polar surface area (TPSA) is 57.0 Å². The van der Waals surface area contributed by atoms with E-state index in [1.54, 1.807) is 14.2 Å². The first-order valence-electron chi connectivity index (χ1n) is 6.02. The zero-order valence-corrected chi connectivity index (χ0v) is 10.9. The molecule has 1 aromatic carbocycles. The smallest absolute Gasteiger partial charge is 0.203 e. The van der Waals surface area contributed by atoms with Gasteiger partial charge in [-0.15, -0.1) is 0 Å². The van der Waals surface area contributed by atoms with Crippen molar-refractivity contribution in [3.8, 4) is 5.75 Å². The third-order valence-corrected chi connectivity index (χ3v) is 3.19. The summed E-state index contributed by atoms with van der Waals surface area (Å²) in [5.74, 6) is 0.366. The molecule has 0 bridgehead atoms. The lowest BCUT2D eigenvalue weighted by atomic mass is 10.1. The average Bonchev–Trinajstić information content (AvgIpc) is 2.37. The highest BCUT2D eigenvalue weighted by Crippen LogP contribution is 2.36. The molecule has 0 atom stereocenters. The third-order valence-electron chi connectivity index (χ3n) is 3.19. The second-order valence-corrected chi connectivity index (χ2v) is 4.28. The molecule has 0 aliphatic carbocycles. The first-order chi connectivity index (χ1) is 8.74. The van der Waals surface area contributed by atoms with Crippen molar-refractivity contribution in [1.82, 2.24) is 0 Å². The van der Waals surface area contributed by atoms with E-state index in [0.717, 1.165) is 11.4 Å². The predicted molar refractivity (Wildman–Crippen MR) is 70.0 cm³/mol. The van der Waals surface area contributed by atoms with Gasteiger partial charge in [0, 0.05) is 20.8 Å². The number of ether oxygens (including phenoxy) is 3. The highest BCUT2D eigenvalue weighted by molar-refractivity contribution is 5.60. The zero-order valence-electron chi connectivity index (χ0n) is 10.9. The molecule has 1 aliphatic heterocycles. The van der Waals surface area contributed by atoms with Crippen molar-refractivity contribution < 1.29 is 14.2 Å². The molecule has 5 nitrogen and oxygen atoms in total. The number of nitrogens with two attached hydrogens (primary N) is 1. The van der Waals surface area contributed by atoms with E-state index in [1.165, 1.54) is 0 Å². The fourth-order valence-electron chi connectivity index (χ4n) is 2.06. The number of nitrogens with zero attached hydrogens (tertiary/aromatic N) is 1. The van der Waals surface area contributed by atoms with Crippen LogP contribution in [0.15, 0.2) is 24.3 Å². The number of rotatable bonds is 6. The van der Waals surface area contributed by atoms with Crippen LogP contribution >= 0.6 is 0 Å². The Balaban J connectivity index is 2.06. The number of benzene rings is 1. The SMILES string of the molecule is COC1(OC)CN(c2ccccc2OCCN)C1. The summed E-state index contributed by atoms with van der Waals surface area (Å²) in [7, 11) is 3.33. The molecule has 1 heterocycles. The van der Waals surface area contributed by atoms with Crippen molar-refractivity contribution in [2.24, 2.45) is 5.73 Å². The third kappa shape index (κ3) is 2.43. The second-order valence-electron chi connectivity index (χ2n) is 4.28. The molecule has 1 saturated heterocycles. The van der Waals surface area contributed by atoms with Crippen molar-refractivity contribution in [3.63, 3.8) is 0 Å². The molecule has 0 radical (unpaired) electrons. The molecule has 1 aromatic rings. The van der Waals surface area contributed by atoms with Crippen LogP contribution in [-0.4, -0.2) is 46.2 Å². The Morgan fingerprint density at radius 2 is 1.89 bits per heavy atom. The molecule has 0 amide bonds. The largest absolute Gasteiger partial charge is 0.490 e. The van der Waals surface area contributed by atoms with E-state index in [4.69, 9.17) is 19.9 Å². The molecule has 1 fully saturated rings. The van der Waals surface area contributed by atoms with E-state index in [-0.39, 0.29) is 0 Å². The van der Waals surface area contributed by atoms with Crippen LogP contribution < -0.4 is 15.4 Å². The first kappa shape index (κ1) is 13.1.